The Morgan fingerprint density at radius 1 is 1.17 bits per heavy atom. The van der Waals surface area contributed by atoms with Crippen LogP contribution >= 0.6 is 0 Å². The van der Waals surface area contributed by atoms with Crippen molar-refractivity contribution in [3.63, 3.8) is 0 Å². The molecule has 5 heteroatoms. The van der Waals surface area contributed by atoms with Crippen LogP contribution in [0.25, 0.3) is 0 Å². The van der Waals surface area contributed by atoms with E-state index in [0.717, 1.165) is 51.5 Å². The van der Waals surface area contributed by atoms with Crippen molar-refractivity contribution >= 4 is 9.84 Å². The average molecular weight is 275 g/mol. The van der Waals surface area contributed by atoms with E-state index in [0.29, 0.717) is 12.0 Å². The summed E-state index contributed by atoms with van der Waals surface area (Å²) in [5.41, 5.74) is 0. The van der Waals surface area contributed by atoms with Crippen molar-refractivity contribution in [3.8, 4) is 0 Å². The van der Waals surface area contributed by atoms with Gasteiger partial charge in [0.15, 0.2) is 0 Å². The zero-order chi connectivity index (χ0) is 13.2. The highest BCUT2D eigenvalue weighted by Gasteiger charge is 2.29. The second kappa shape index (κ2) is 5.88. The maximum absolute atomic E-state index is 11.6. The molecule has 2 saturated carbocycles. The van der Waals surface area contributed by atoms with Gasteiger partial charge in [0.25, 0.3) is 0 Å². The third-order valence-corrected chi connectivity index (χ3v) is 6.08. The quantitative estimate of drug-likeness (QED) is 0.806. The standard InChI is InChI=1S/C13H25NO3S/c1-18(16,17)13-4-2-3-11(8-13)14-9-10-5-6-12(15)7-10/h10-15H,2-9H2,1H3. The molecule has 4 nitrogen and oxygen atoms in total. The fourth-order valence-corrected chi connectivity index (χ4v) is 4.46. The van der Waals surface area contributed by atoms with Gasteiger partial charge in [0.2, 0.25) is 0 Å². The molecule has 0 radical (unpaired) electrons. The van der Waals surface area contributed by atoms with Crippen molar-refractivity contribution in [3.05, 3.63) is 0 Å². The first-order chi connectivity index (χ1) is 8.45. The summed E-state index contributed by atoms with van der Waals surface area (Å²) < 4.78 is 23.1. The van der Waals surface area contributed by atoms with E-state index in [1.54, 1.807) is 0 Å². The van der Waals surface area contributed by atoms with Crippen LogP contribution in [0.1, 0.15) is 44.9 Å². The molecule has 18 heavy (non-hydrogen) atoms. The Hall–Kier alpha value is -0.130. The Kier molecular flexibility index (Phi) is 4.67. The van der Waals surface area contributed by atoms with E-state index in [1.807, 2.05) is 0 Å². The van der Waals surface area contributed by atoms with Gasteiger partial charge in [-0.05, 0) is 51.0 Å². The minimum absolute atomic E-state index is 0.119. The maximum atomic E-state index is 11.6. The SMILES string of the molecule is CS(=O)(=O)C1CCCC(NCC2CCC(O)C2)C1. The average Bonchev–Trinajstić information content (AvgIpc) is 2.72. The molecule has 2 aliphatic carbocycles. The van der Waals surface area contributed by atoms with Crippen molar-refractivity contribution in [2.75, 3.05) is 12.8 Å². The fourth-order valence-electron chi connectivity index (χ4n) is 3.29. The predicted molar refractivity (Wildman–Crippen MR) is 72.2 cm³/mol. The Morgan fingerprint density at radius 2 is 1.94 bits per heavy atom. The van der Waals surface area contributed by atoms with Gasteiger partial charge in [0.1, 0.15) is 9.84 Å². The molecule has 2 aliphatic rings. The molecule has 0 amide bonds. The number of nitrogens with one attached hydrogen (secondary N) is 1. The zero-order valence-corrected chi connectivity index (χ0v) is 12.0. The molecule has 0 spiro atoms. The lowest BCUT2D eigenvalue weighted by atomic mass is 9.94. The fraction of sp³-hybridized carbons (Fsp3) is 1.00. The molecule has 0 bridgehead atoms. The van der Waals surface area contributed by atoms with Crippen molar-refractivity contribution in [1.29, 1.82) is 0 Å². The van der Waals surface area contributed by atoms with Gasteiger partial charge < -0.3 is 10.4 Å². The summed E-state index contributed by atoms with van der Waals surface area (Å²) in [7, 11) is -2.88. The topological polar surface area (TPSA) is 66.4 Å². The van der Waals surface area contributed by atoms with Crippen molar-refractivity contribution in [2.45, 2.75) is 62.3 Å². The first kappa shape index (κ1) is 14.3. The first-order valence-electron chi connectivity index (χ1n) is 7.05. The Bertz CT molecular complexity index is 368. The van der Waals surface area contributed by atoms with Crippen LogP contribution in [0.15, 0.2) is 0 Å². The molecular formula is C13H25NO3S. The van der Waals surface area contributed by atoms with E-state index in [1.165, 1.54) is 6.26 Å². The third kappa shape index (κ3) is 3.93. The van der Waals surface area contributed by atoms with Gasteiger partial charge in [-0.3, -0.25) is 0 Å². The molecule has 0 aromatic heterocycles. The monoisotopic (exact) mass is 275 g/mol. The van der Waals surface area contributed by atoms with Crippen LogP contribution in [0, 0.1) is 5.92 Å². The normalized spacial score (nSPS) is 37.9. The van der Waals surface area contributed by atoms with E-state index >= 15 is 0 Å². The summed E-state index contributed by atoms with van der Waals surface area (Å²) in [6, 6.07) is 0.344. The molecule has 0 heterocycles. The number of hydrogen-bond acceptors (Lipinski definition) is 4. The third-order valence-electron chi connectivity index (χ3n) is 4.44. The molecule has 2 N–H and O–H groups in total. The number of hydrogen-bond donors (Lipinski definition) is 2. The van der Waals surface area contributed by atoms with Gasteiger partial charge in [-0.2, -0.15) is 0 Å². The van der Waals surface area contributed by atoms with Gasteiger partial charge in [-0.1, -0.05) is 6.42 Å². The highest BCUT2D eigenvalue weighted by Crippen LogP contribution is 2.27. The molecule has 0 aromatic carbocycles. The Balaban J connectivity index is 1.76. The Morgan fingerprint density at radius 3 is 2.56 bits per heavy atom. The highest BCUT2D eigenvalue weighted by atomic mass is 32.2. The van der Waals surface area contributed by atoms with Crippen LogP contribution in [0.4, 0.5) is 0 Å². The van der Waals surface area contributed by atoms with Crippen molar-refractivity contribution < 1.29 is 13.5 Å². The minimum atomic E-state index is -2.88. The zero-order valence-electron chi connectivity index (χ0n) is 11.1. The van der Waals surface area contributed by atoms with Crippen LogP contribution in [0.3, 0.4) is 0 Å². The lowest BCUT2D eigenvalue weighted by molar-refractivity contribution is 0.176. The van der Waals surface area contributed by atoms with Gasteiger partial charge in [-0.15, -0.1) is 0 Å². The van der Waals surface area contributed by atoms with Gasteiger partial charge in [0, 0.05) is 12.3 Å². The van der Waals surface area contributed by atoms with E-state index in [4.69, 9.17) is 0 Å². The van der Waals surface area contributed by atoms with Crippen LogP contribution in [-0.4, -0.2) is 43.7 Å². The van der Waals surface area contributed by atoms with Crippen LogP contribution in [0.2, 0.25) is 0 Å². The summed E-state index contributed by atoms with van der Waals surface area (Å²) in [5.74, 6) is 0.568. The minimum Gasteiger partial charge on any atom is -0.393 e. The van der Waals surface area contributed by atoms with E-state index < -0.39 is 9.84 Å². The highest BCUT2D eigenvalue weighted by molar-refractivity contribution is 7.91. The molecule has 2 fully saturated rings. The largest absolute Gasteiger partial charge is 0.393 e. The van der Waals surface area contributed by atoms with Gasteiger partial charge >= 0.3 is 0 Å². The maximum Gasteiger partial charge on any atom is 0.150 e. The molecule has 2 rings (SSSR count). The van der Waals surface area contributed by atoms with Crippen molar-refractivity contribution in [2.24, 2.45) is 5.92 Å². The van der Waals surface area contributed by atoms with Crippen LogP contribution in [0.5, 0.6) is 0 Å². The van der Waals surface area contributed by atoms with Crippen molar-refractivity contribution in [1.82, 2.24) is 5.32 Å². The summed E-state index contributed by atoms with van der Waals surface area (Å²) in [6.07, 6.45) is 7.81. The molecule has 106 valence electrons. The van der Waals surface area contributed by atoms with Gasteiger partial charge in [0.05, 0.1) is 11.4 Å². The molecule has 0 aliphatic heterocycles. The lowest BCUT2D eigenvalue weighted by Gasteiger charge is -2.29. The summed E-state index contributed by atoms with van der Waals surface area (Å²) in [5, 5.41) is 12.8. The van der Waals surface area contributed by atoms with Crippen LogP contribution < -0.4 is 5.32 Å². The summed E-state index contributed by atoms with van der Waals surface area (Å²) in [6.45, 7) is 0.929. The summed E-state index contributed by atoms with van der Waals surface area (Å²) in [4.78, 5) is 0. The smallest absolute Gasteiger partial charge is 0.150 e. The Labute approximate surface area is 110 Å². The predicted octanol–water partition coefficient (Wildman–Crippen LogP) is 1.09. The second-order valence-corrected chi connectivity index (χ2v) is 8.38. The number of aliphatic hydroxyl groups is 1. The summed E-state index contributed by atoms with van der Waals surface area (Å²) >= 11 is 0. The molecule has 0 saturated heterocycles. The first-order valence-corrected chi connectivity index (χ1v) is 9.01. The van der Waals surface area contributed by atoms with E-state index in [2.05, 4.69) is 5.32 Å². The number of sulfone groups is 1. The van der Waals surface area contributed by atoms with E-state index in [-0.39, 0.29) is 11.4 Å². The van der Waals surface area contributed by atoms with Gasteiger partial charge in [-0.25, -0.2) is 8.42 Å². The number of aliphatic hydroxyl groups excluding tert-OH is 1. The second-order valence-electron chi connectivity index (χ2n) is 6.06. The van der Waals surface area contributed by atoms with E-state index in [9.17, 15) is 13.5 Å². The molecule has 4 atom stereocenters. The van der Waals surface area contributed by atoms with Crippen LogP contribution in [-0.2, 0) is 9.84 Å². The number of rotatable bonds is 4. The lowest BCUT2D eigenvalue weighted by Crippen LogP contribution is -2.40. The molecule has 4 unspecified atom stereocenters. The molecular weight excluding hydrogens is 250 g/mol. The molecule has 0 aromatic rings.